The molecule has 1 aliphatic carbocycles. The molecule has 2 aromatic rings. The Morgan fingerprint density at radius 3 is 2.28 bits per heavy atom. The van der Waals surface area contributed by atoms with E-state index in [4.69, 9.17) is 0 Å². The molecule has 4 rings (SSSR count). The number of aryl methyl sites for hydroxylation is 2. The van der Waals surface area contributed by atoms with Crippen molar-refractivity contribution in [1.82, 2.24) is 0 Å². The van der Waals surface area contributed by atoms with Crippen LogP contribution < -0.4 is 10.2 Å². The molecule has 2 aliphatic rings. The molecule has 3 amide bonds. The summed E-state index contributed by atoms with van der Waals surface area (Å²) < 4.78 is 0. The van der Waals surface area contributed by atoms with Crippen molar-refractivity contribution in [3.05, 3.63) is 71.3 Å². The van der Waals surface area contributed by atoms with Gasteiger partial charge in [0.1, 0.15) is 0 Å². The molecule has 1 N–H and O–H groups in total. The molecule has 2 aromatic carbocycles. The Balaban J connectivity index is 1.53. The molecule has 3 atom stereocenters. The lowest BCUT2D eigenvalue weighted by atomic mass is 9.78. The summed E-state index contributed by atoms with van der Waals surface area (Å²) >= 11 is 0. The molecule has 1 saturated heterocycles. The molecule has 0 bridgehead atoms. The highest BCUT2D eigenvalue weighted by atomic mass is 16.2. The molecule has 0 unspecified atom stereocenters. The van der Waals surface area contributed by atoms with Crippen LogP contribution >= 0.6 is 0 Å². The van der Waals surface area contributed by atoms with Crippen molar-refractivity contribution in [2.75, 3.05) is 10.2 Å². The molecule has 0 radical (unpaired) electrons. The minimum Gasteiger partial charge on any atom is -0.322 e. The van der Waals surface area contributed by atoms with Gasteiger partial charge < -0.3 is 5.32 Å². The van der Waals surface area contributed by atoms with Gasteiger partial charge in [0.15, 0.2) is 0 Å². The lowest BCUT2D eigenvalue weighted by Gasteiger charge is -2.22. The number of imide groups is 1. The third-order valence-corrected chi connectivity index (χ3v) is 5.74. The SMILES string of the molecule is Cc1cc(C)cc(NC(=O)c2ccc(N3C(=O)[C@@H]4[C@@H](C)C=CC[C@H]4C3=O)cc2)c1. The van der Waals surface area contributed by atoms with Crippen LogP contribution in [0.3, 0.4) is 0 Å². The Morgan fingerprint density at radius 1 is 1.00 bits per heavy atom. The van der Waals surface area contributed by atoms with E-state index >= 15 is 0 Å². The Labute approximate surface area is 170 Å². The summed E-state index contributed by atoms with van der Waals surface area (Å²) in [6.07, 6.45) is 4.60. The van der Waals surface area contributed by atoms with Crippen LogP contribution in [0.2, 0.25) is 0 Å². The Bertz CT molecular complexity index is 1000. The number of carbonyl (C=O) groups excluding carboxylic acids is 3. The molecule has 5 nitrogen and oxygen atoms in total. The van der Waals surface area contributed by atoms with E-state index in [0.717, 1.165) is 16.8 Å². The first-order chi connectivity index (χ1) is 13.8. The second-order valence-electron chi connectivity index (χ2n) is 8.04. The van der Waals surface area contributed by atoms with E-state index in [0.29, 0.717) is 17.7 Å². The van der Waals surface area contributed by atoms with Gasteiger partial charge in [0.05, 0.1) is 17.5 Å². The van der Waals surface area contributed by atoms with Crippen molar-refractivity contribution in [2.24, 2.45) is 17.8 Å². The summed E-state index contributed by atoms with van der Waals surface area (Å²) in [5, 5.41) is 2.90. The van der Waals surface area contributed by atoms with Gasteiger partial charge in [-0.1, -0.05) is 25.1 Å². The third-order valence-electron chi connectivity index (χ3n) is 5.74. The third kappa shape index (κ3) is 3.48. The van der Waals surface area contributed by atoms with E-state index in [2.05, 4.69) is 5.32 Å². The molecule has 148 valence electrons. The van der Waals surface area contributed by atoms with E-state index in [1.54, 1.807) is 24.3 Å². The zero-order chi connectivity index (χ0) is 20.7. The van der Waals surface area contributed by atoms with Gasteiger partial charge in [0.25, 0.3) is 5.91 Å². The first-order valence-electron chi connectivity index (χ1n) is 9.89. The second kappa shape index (κ2) is 7.32. The maximum Gasteiger partial charge on any atom is 0.255 e. The lowest BCUT2D eigenvalue weighted by molar-refractivity contribution is -0.122. The van der Waals surface area contributed by atoms with Crippen molar-refractivity contribution < 1.29 is 14.4 Å². The van der Waals surface area contributed by atoms with E-state index < -0.39 is 0 Å². The van der Waals surface area contributed by atoms with Gasteiger partial charge in [-0.15, -0.1) is 0 Å². The molecule has 1 heterocycles. The van der Waals surface area contributed by atoms with Crippen LogP contribution in [0.5, 0.6) is 0 Å². The molecular weight excluding hydrogens is 364 g/mol. The van der Waals surface area contributed by atoms with Gasteiger partial charge in [0.2, 0.25) is 11.8 Å². The normalized spacial score (nSPS) is 23.3. The van der Waals surface area contributed by atoms with Crippen LogP contribution in [-0.4, -0.2) is 17.7 Å². The van der Waals surface area contributed by atoms with Crippen molar-refractivity contribution >= 4 is 29.1 Å². The number of rotatable bonds is 3. The van der Waals surface area contributed by atoms with Gasteiger partial charge in [0, 0.05) is 11.3 Å². The zero-order valence-electron chi connectivity index (χ0n) is 16.8. The number of nitrogens with zero attached hydrogens (tertiary/aromatic N) is 1. The molecule has 0 aromatic heterocycles. The van der Waals surface area contributed by atoms with Gasteiger partial charge in [-0.25, -0.2) is 0 Å². The van der Waals surface area contributed by atoms with Crippen LogP contribution in [0.1, 0.15) is 34.8 Å². The van der Waals surface area contributed by atoms with E-state index in [1.165, 1.54) is 4.90 Å². The molecule has 0 saturated carbocycles. The Hall–Kier alpha value is -3.21. The van der Waals surface area contributed by atoms with Gasteiger partial charge >= 0.3 is 0 Å². The van der Waals surface area contributed by atoms with E-state index in [-0.39, 0.29) is 35.5 Å². The van der Waals surface area contributed by atoms with Crippen LogP contribution in [0, 0.1) is 31.6 Å². The molecule has 1 fully saturated rings. The number of hydrogen-bond donors (Lipinski definition) is 1. The number of allylic oxidation sites excluding steroid dienone is 2. The number of fused-ring (bicyclic) bond motifs is 1. The average Bonchev–Trinajstić information content (AvgIpc) is 2.92. The van der Waals surface area contributed by atoms with Crippen molar-refractivity contribution in [3.63, 3.8) is 0 Å². The highest BCUT2D eigenvalue weighted by Gasteiger charge is 2.50. The fourth-order valence-electron chi connectivity index (χ4n) is 4.41. The number of nitrogens with one attached hydrogen (secondary N) is 1. The van der Waals surface area contributed by atoms with E-state index in [9.17, 15) is 14.4 Å². The largest absolute Gasteiger partial charge is 0.322 e. The number of amides is 3. The van der Waals surface area contributed by atoms with Crippen LogP contribution in [0.15, 0.2) is 54.6 Å². The first-order valence-corrected chi connectivity index (χ1v) is 9.89. The maximum absolute atomic E-state index is 12.9. The summed E-state index contributed by atoms with van der Waals surface area (Å²) in [4.78, 5) is 39.5. The maximum atomic E-state index is 12.9. The smallest absolute Gasteiger partial charge is 0.255 e. The van der Waals surface area contributed by atoms with Crippen molar-refractivity contribution in [1.29, 1.82) is 0 Å². The molecule has 5 heteroatoms. The summed E-state index contributed by atoms with van der Waals surface area (Å²) in [5.74, 6) is -1.05. The highest BCUT2D eigenvalue weighted by Crippen LogP contribution is 2.40. The minimum absolute atomic E-state index is 0.0537. The Kier molecular flexibility index (Phi) is 4.82. The van der Waals surface area contributed by atoms with Crippen LogP contribution in [0.4, 0.5) is 11.4 Å². The molecular formula is C24H24N2O3. The van der Waals surface area contributed by atoms with Gasteiger partial charge in [-0.3, -0.25) is 19.3 Å². The monoisotopic (exact) mass is 388 g/mol. The van der Waals surface area contributed by atoms with Crippen LogP contribution in [0.25, 0.3) is 0 Å². The Morgan fingerprint density at radius 2 is 1.66 bits per heavy atom. The minimum atomic E-state index is -0.292. The summed E-state index contributed by atoms with van der Waals surface area (Å²) in [6, 6.07) is 12.5. The standard InChI is InChI=1S/C24H24N2O3/c1-14-11-15(2)13-18(12-14)25-22(27)17-7-9-19(10-8-17)26-23(28)20-6-4-5-16(3)21(20)24(26)29/h4-5,7-13,16,20-21H,6H2,1-3H3,(H,25,27)/t16-,20+,21+/m0/s1. The van der Waals surface area contributed by atoms with Gasteiger partial charge in [-0.05, 0) is 73.7 Å². The predicted molar refractivity (Wildman–Crippen MR) is 113 cm³/mol. The van der Waals surface area contributed by atoms with Crippen LogP contribution in [-0.2, 0) is 9.59 Å². The zero-order valence-corrected chi connectivity index (χ0v) is 16.8. The number of benzene rings is 2. The predicted octanol–water partition coefficient (Wildman–Crippen LogP) is 4.26. The summed E-state index contributed by atoms with van der Waals surface area (Å²) in [7, 11) is 0. The van der Waals surface area contributed by atoms with E-state index in [1.807, 2.05) is 51.1 Å². The van der Waals surface area contributed by atoms with Gasteiger partial charge in [-0.2, -0.15) is 0 Å². The fourth-order valence-corrected chi connectivity index (χ4v) is 4.41. The highest BCUT2D eigenvalue weighted by molar-refractivity contribution is 6.22. The summed E-state index contributed by atoms with van der Waals surface area (Å²) in [5.41, 5.74) is 3.88. The quantitative estimate of drug-likeness (QED) is 0.631. The summed E-state index contributed by atoms with van der Waals surface area (Å²) in [6.45, 7) is 5.94. The molecule has 1 aliphatic heterocycles. The van der Waals surface area contributed by atoms with Crippen molar-refractivity contribution in [3.8, 4) is 0 Å². The first kappa shape index (κ1) is 19.1. The van der Waals surface area contributed by atoms with Crippen molar-refractivity contribution in [2.45, 2.75) is 27.2 Å². The number of hydrogen-bond acceptors (Lipinski definition) is 3. The average molecular weight is 388 g/mol. The number of anilines is 2. The fraction of sp³-hybridized carbons (Fsp3) is 0.292. The molecule has 29 heavy (non-hydrogen) atoms. The second-order valence-corrected chi connectivity index (χ2v) is 8.04. The number of carbonyl (C=O) groups is 3. The topological polar surface area (TPSA) is 66.5 Å². The molecule has 0 spiro atoms. The lowest BCUT2D eigenvalue weighted by Crippen LogP contribution is -2.31.